The number of rotatable bonds is 5. The molecule has 0 aliphatic heterocycles. The van der Waals surface area contributed by atoms with Gasteiger partial charge in [0.1, 0.15) is 5.75 Å². The molecule has 2 aromatic carbocycles. The van der Waals surface area contributed by atoms with Crippen LogP contribution in [0.3, 0.4) is 0 Å². The van der Waals surface area contributed by atoms with Gasteiger partial charge >= 0.3 is 0 Å². The highest BCUT2D eigenvalue weighted by Gasteiger charge is 2.03. The number of carbonyl (C=O) groups is 1. The Bertz CT molecular complexity index is 681. The van der Waals surface area contributed by atoms with Gasteiger partial charge in [0.2, 0.25) is 0 Å². The first-order chi connectivity index (χ1) is 10.5. The van der Waals surface area contributed by atoms with E-state index in [0.717, 1.165) is 11.1 Å². The lowest BCUT2D eigenvalue weighted by molar-refractivity contribution is -0.123. The highest BCUT2D eigenvalue weighted by molar-refractivity contribution is 6.30. The van der Waals surface area contributed by atoms with Gasteiger partial charge in [-0.15, -0.1) is 0 Å². The number of nitrogens with zero attached hydrogens (tertiary/aromatic N) is 1. The van der Waals surface area contributed by atoms with E-state index in [4.69, 9.17) is 16.3 Å². The average molecular weight is 317 g/mol. The lowest BCUT2D eigenvalue weighted by Gasteiger charge is -2.06. The van der Waals surface area contributed by atoms with E-state index in [1.807, 2.05) is 50.2 Å². The van der Waals surface area contributed by atoms with E-state index < -0.39 is 0 Å². The molecule has 114 valence electrons. The molecule has 0 atom stereocenters. The molecule has 0 aromatic heterocycles. The third-order valence-electron chi connectivity index (χ3n) is 2.97. The van der Waals surface area contributed by atoms with Crippen LogP contribution >= 0.6 is 11.6 Å². The zero-order chi connectivity index (χ0) is 15.9. The van der Waals surface area contributed by atoms with Gasteiger partial charge in [-0.1, -0.05) is 35.9 Å². The van der Waals surface area contributed by atoms with Crippen molar-refractivity contribution in [3.63, 3.8) is 0 Å². The fourth-order valence-electron chi connectivity index (χ4n) is 1.79. The SMILES string of the molecule is CC(=NNC(=O)COc1cccc(C)c1)c1ccc(Cl)cc1. The van der Waals surface area contributed by atoms with Crippen molar-refractivity contribution < 1.29 is 9.53 Å². The Morgan fingerprint density at radius 3 is 2.64 bits per heavy atom. The minimum Gasteiger partial charge on any atom is -0.484 e. The molecular formula is C17H17ClN2O2. The minimum absolute atomic E-state index is 0.0825. The van der Waals surface area contributed by atoms with E-state index in [1.54, 1.807) is 12.1 Å². The average Bonchev–Trinajstić information content (AvgIpc) is 2.51. The number of amides is 1. The Balaban J connectivity index is 1.86. The van der Waals surface area contributed by atoms with Crippen LogP contribution in [-0.4, -0.2) is 18.2 Å². The smallest absolute Gasteiger partial charge is 0.277 e. The van der Waals surface area contributed by atoms with Crippen molar-refractivity contribution in [1.29, 1.82) is 0 Å². The van der Waals surface area contributed by atoms with Crippen LogP contribution in [-0.2, 0) is 4.79 Å². The van der Waals surface area contributed by atoms with Crippen LogP contribution in [0, 0.1) is 6.92 Å². The Labute approximate surface area is 134 Å². The van der Waals surface area contributed by atoms with Crippen molar-refractivity contribution in [1.82, 2.24) is 5.43 Å². The third-order valence-corrected chi connectivity index (χ3v) is 3.22. The molecule has 2 aromatic rings. The van der Waals surface area contributed by atoms with Gasteiger partial charge in [-0.2, -0.15) is 5.10 Å². The van der Waals surface area contributed by atoms with Crippen molar-refractivity contribution >= 4 is 23.2 Å². The first-order valence-corrected chi connectivity index (χ1v) is 7.21. The summed E-state index contributed by atoms with van der Waals surface area (Å²) in [4.78, 5) is 11.7. The van der Waals surface area contributed by atoms with E-state index in [-0.39, 0.29) is 12.5 Å². The second-order valence-electron chi connectivity index (χ2n) is 4.84. The molecule has 0 heterocycles. The molecule has 1 N–H and O–H groups in total. The van der Waals surface area contributed by atoms with Crippen LogP contribution in [0.5, 0.6) is 5.75 Å². The number of hydrazone groups is 1. The molecular weight excluding hydrogens is 300 g/mol. The molecule has 0 fully saturated rings. The highest BCUT2D eigenvalue weighted by Crippen LogP contribution is 2.12. The number of hydrogen-bond acceptors (Lipinski definition) is 3. The van der Waals surface area contributed by atoms with Gasteiger partial charge in [-0.3, -0.25) is 4.79 Å². The topological polar surface area (TPSA) is 50.7 Å². The van der Waals surface area contributed by atoms with Gasteiger partial charge in [-0.05, 0) is 49.2 Å². The van der Waals surface area contributed by atoms with Crippen molar-refractivity contribution in [3.05, 3.63) is 64.7 Å². The monoisotopic (exact) mass is 316 g/mol. The van der Waals surface area contributed by atoms with Crippen LogP contribution in [0.25, 0.3) is 0 Å². The summed E-state index contributed by atoms with van der Waals surface area (Å²) in [6.07, 6.45) is 0. The maximum Gasteiger partial charge on any atom is 0.277 e. The molecule has 5 heteroatoms. The summed E-state index contributed by atoms with van der Waals surface area (Å²) >= 11 is 5.83. The number of nitrogens with one attached hydrogen (secondary N) is 1. The van der Waals surface area contributed by atoms with E-state index in [0.29, 0.717) is 16.5 Å². The Morgan fingerprint density at radius 1 is 1.23 bits per heavy atom. The molecule has 0 radical (unpaired) electrons. The maximum atomic E-state index is 11.7. The first-order valence-electron chi connectivity index (χ1n) is 6.83. The number of carbonyl (C=O) groups excluding carboxylic acids is 1. The van der Waals surface area contributed by atoms with Crippen LogP contribution in [0.1, 0.15) is 18.1 Å². The summed E-state index contributed by atoms with van der Waals surface area (Å²) in [5.74, 6) is 0.350. The van der Waals surface area contributed by atoms with E-state index in [2.05, 4.69) is 10.5 Å². The summed E-state index contributed by atoms with van der Waals surface area (Å²) in [7, 11) is 0. The van der Waals surface area contributed by atoms with Crippen LogP contribution < -0.4 is 10.2 Å². The standard InChI is InChI=1S/C17H17ClN2O2/c1-12-4-3-5-16(10-12)22-11-17(21)20-19-13(2)14-6-8-15(18)9-7-14/h3-10H,11H2,1-2H3,(H,20,21). The van der Waals surface area contributed by atoms with Gasteiger partial charge in [0.05, 0.1) is 5.71 Å². The molecule has 4 nitrogen and oxygen atoms in total. The number of hydrogen-bond donors (Lipinski definition) is 1. The van der Waals surface area contributed by atoms with Crippen molar-refractivity contribution in [2.75, 3.05) is 6.61 Å². The number of halogens is 1. The Morgan fingerprint density at radius 2 is 1.95 bits per heavy atom. The predicted molar refractivity (Wildman–Crippen MR) is 88.5 cm³/mol. The second-order valence-corrected chi connectivity index (χ2v) is 5.28. The van der Waals surface area contributed by atoms with E-state index in [9.17, 15) is 4.79 Å². The summed E-state index contributed by atoms with van der Waals surface area (Å²) in [5.41, 5.74) is 5.14. The third kappa shape index (κ3) is 4.90. The van der Waals surface area contributed by atoms with Crippen molar-refractivity contribution in [2.24, 2.45) is 5.10 Å². The summed E-state index contributed by atoms with van der Waals surface area (Å²) in [6.45, 7) is 3.69. The zero-order valence-corrected chi connectivity index (χ0v) is 13.2. The van der Waals surface area contributed by atoms with Crippen LogP contribution in [0.4, 0.5) is 0 Å². The molecule has 1 amide bonds. The quantitative estimate of drug-likeness (QED) is 0.677. The molecule has 0 unspecified atom stereocenters. The molecule has 0 bridgehead atoms. The summed E-state index contributed by atoms with van der Waals surface area (Å²) in [5, 5.41) is 4.71. The lowest BCUT2D eigenvalue weighted by Crippen LogP contribution is -2.25. The van der Waals surface area contributed by atoms with Gasteiger partial charge in [-0.25, -0.2) is 5.43 Å². The molecule has 0 saturated heterocycles. The Kier molecular flexibility index (Phi) is 5.55. The lowest BCUT2D eigenvalue weighted by atomic mass is 10.1. The van der Waals surface area contributed by atoms with Gasteiger partial charge in [0.15, 0.2) is 6.61 Å². The first kappa shape index (κ1) is 16.0. The Hall–Kier alpha value is -2.33. The van der Waals surface area contributed by atoms with Gasteiger partial charge < -0.3 is 4.74 Å². The summed E-state index contributed by atoms with van der Waals surface area (Å²) < 4.78 is 5.40. The molecule has 22 heavy (non-hydrogen) atoms. The minimum atomic E-state index is -0.310. The molecule has 0 aliphatic rings. The van der Waals surface area contributed by atoms with E-state index in [1.165, 1.54) is 0 Å². The number of benzene rings is 2. The predicted octanol–water partition coefficient (Wildman–Crippen LogP) is 3.57. The number of aryl methyl sites for hydroxylation is 1. The summed E-state index contributed by atoms with van der Waals surface area (Å²) in [6, 6.07) is 14.8. The van der Waals surface area contributed by atoms with Crippen molar-refractivity contribution in [2.45, 2.75) is 13.8 Å². The largest absolute Gasteiger partial charge is 0.484 e. The molecule has 0 spiro atoms. The van der Waals surface area contributed by atoms with Crippen molar-refractivity contribution in [3.8, 4) is 5.75 Å². The molecule has 2 rings (SSSR count). The molecule has 0 aliphatic carbocycles. The van der Waals surface area contributed by atoms with Crippen LogP contribution in [0.2, 0.25) is 5.02 Å². The highest BCUT2D eigenvalue weighted by atomic mass is 35.5. The fraction of sp³-hybridized carbons (Fsp3) is 0.176. The van der Waals surface area contributed by atoms with Gasteiger partial charge in [0, 0.05) is 5.02 Å². The van der Waals surface area contributed by atoms with E-state index >= 15 is 0 Å². The van der Waals surface area contributed by atoms with Gasteiger partial charge in [0.25, 0.3) is 5.91 Å². The maximum absolute atomic E-state index is 11.7. The second kappa shape index (κ2) is 7.61. The fourth-order valence-corrected chi connectivity index (χ4v) is 1.91. The van der Waals surface area contributed by atoms with Crippen LogP contribution in [0.15, 0.2) is 53.6 Å². The zero-order valence-electron chi connectivity index (χ0n) is 12.5. The normalized spacial score (nSPS) is 11.1. The molecule has 0 saturated carbocycles. The number of ether oxygens (including phenoxy) is 1.